The molecular weight excluding hydrogens is 290 g/mol. The first-order valence-corrected chi connectivity index (χ1v) is 8.21. The Kier molecular flexibility index (Phi) is 3.12. The van der Waals surface area contributed by atoms with Crippen LogP contribution in [-0.4, -0.2) is 47.0 Å². The molecule has 5 atom stereocenters. The molecule has 0 radical (unpaired) electrons. The zero-order chi connectivity index (χ0) is 16.4. The van der Waals surface area contributed by atoms with Crippen LogP contribution in [0.4, 0.5) is 0 Å². The lowest BCUT2D eigenvalue weighted by molar-refractivity contribution is -0.0453. The van der Waals surface area contributed by atoms with Gasteiger partial charge in [0.25, 0.3) is 0 Å². The van der Waals surface area contributed by atoms with Crippen molar-refractivity contribution in [3.05, 3.63) is 48.6 Å². The SMILES string of the molecule is C=C.CN1CC[C@]23c4c5ccc(O)c4O[C@H]2[C@@H](O)C=C[C@H]3[C@H]1C5. The molecule has 0 amide bonds. The van der Waals surface area contributed by atoms with Crippen molar-refractivity contribution in [1.82, 2.24) is 4.90 Å². The second-order valence-corrected chi connectivity index (χ2v) is 6.93. The van der Waals surface area contributed by atoms with E-state index in [0.717, 1.165) is 19.4 Å². The Hall–Kier alpha value is -1.78. The molecule has 0 aromatic heterocycles. The van der Waals surface area contributed by atoms with E-state index in [9.17, 15) is 10.2 Å². The van der Waals surface area contributed by atoms with Crippen molar-refractivity contribution in [3.8, 4) is 11.5 Å². The highest BCUT2D eigenvalue weighted by Gasteiger charge is 2.64. The maximum Gasteiger partial charge on any atom is 0.165 e. The molecule has 5 rings (SSSR count). The summed E-state index contributed by atoms with van der Waals surface area (Å²) in [4.78, 5) is 2.43. The molecule has 1 aromatic rings. The van der Waals surface area contributed by atoms with Gasteiger partial charge in [-0.2, -0.15) is 0 Å². The fourth-order valence-corrected chi connectivity index (χ4v) is 5.24. The van der Waals surface area contributed by atoms with Gasteiger partial charge in [0.15, 0.2) is 11.5 Å². The smallest absolute Gasteiger partial charge is 0.165 e. The van der Waals surface area contributed by atoms with Gasteiger partial charge in [0.05, 0.1) is 0 Å². The van der Waals surface area contributed by atoms with Gasteiger partial charge in [0, 0.05) is 22.9 Å². The standard InChI is InChI=1S/C17H19NO3.C2H4/c1-18-7-6-17-10-3-5-13(20)16(17)21-15-12(19)4-2-9(14(15)17)8-11(10)18;1-2/h2-5,10-11,13,16,19-20H,6-8H2,1H3;1-2H2/t10-,11+,13-,16-,17-;/m0./s1. The number of phenolic OH excluding ortho intramolecular Hbond substituents is 1. The highest BCUT2D eigenvalue weighted by Crippen LogP contribution is 2.62. The van der Waals surface area contributed by atoms with E-state index in [4.69, 9.17) is 4.74 Å². The first-order valence-electron chi connectivity index (χ1n) is 8.21. The Morgan fingerprint density at radius 2 is 2.09 bits per heavy atom. The minimum absolute atomic E-state index is 0.160. The third-order valence-corrected chi connectivity index (χ3v) is 6.15. The molecule has 2 N–H and O–H groups in total. The molecule has 4 heteroatoms. The van der Waals surface area contributed by atoms with E-state index in [1.807, 2.05) is 12.1 Å². The number of aliphatic hydroxyl groups is 1. The molecule has 1 fully saturated rings. The molecule has 2 aliphatic heterocycles. The number of ether oxygens (including phenoxy) is 1. The summed E-state index contributed by atoms with van der Waals surface area (Å²) in [7, 11) is 2.19. The quantitative estimate of drug-likeness (QED) is 0.719. The Labute approximate surface area is 136 Å². The number of piperidine rings is 1. The van der Waals surface area contributed by atoms with Gasteiger partial charge in [-0.05, 0) is 38.1 Å². The van der Waals surface area contributed by atoms with Gasteiger partial charge < -0.3 is 19.8 Å². The Morgan fingerprint density at radius 1 is 1.30 bits per heavy atom. The van der Waals surface area contributed by atoms with Crippen LogP contribution in [0.25, 0.3) is 0 Å². The normalized spacial score (nSPS) is 39.0. The van der Waals surface area contributed by atoms with E-state index in [0.29, 0.717) is 17.7 Å². The molecule has 23 heavy (non-hydrogen) atoms. The molecule has 1 aromatic carbocycles. The first-order chi connectivity index (χ1) is 11.1. The molecule has 2 aliphatic carbocycles. The largest absolute Gasteiger partial charge is 0.504 e. The fourth-order valence-electron chi connectivity index (χ4n) is 5.24. The number of hydrogen-bond donors (Lipinski definition) is 2. The number of phenols is 1. The van der Waals surface area contributed by atoms with Crippen LogP contribution in [0, 0.1) is 5.92 Å². The predicted octanol–water partition coefficient (Wildman–Crippen LogP) is 2.00. The zero-order valence-electron chi connectivity index (χ0n) is 13.4. The number of rotatable bonds is 0. The first kappa shape index (κ1) is 14.8. The van der Waals surface area contributed by atoms with Gasteiger partial charge in [-0.3, -0.25) is 0 Å². The Bertz CT molecular complexity index is 685. The van der Waals surface area contributed by atoms with Crippen LogP contribution in [0.5, 0.6) is 11.5 Å². The van der Waals surface area contributed by atoms with Gasteiger partial charge in [-0.25, -0.2) is 0 Å². The summed E-state index contributed by atoms with van der Waals surface area (Å²) in [5.74, 6) is 1.19. The van der Waals surface area contributed by atoms with Crippen molar-refractivity contribution in [2.24, 2.45) is 5.92 Å². The summed E-state index contributed by atoms with van der Waals surface area (Å²) in [6, 6.07) is 4.23. The summed E-state index contributed by atoms with van der Waals surface area (Å²) in [5.41, 5.74) is 2.29. The van der Waals surface area contributed by atoms with Crippen molar-refractivity contribution in [2.45, 2.75) is 36.5 Å². The van der Waals surface area contributed by atoms with Gasteiger partial charge in [-0.1, -0.05) is 18.2 Å². The van der Waals surface area contributed by atoms with Crippen LogP contribution >= 0.6 is 0 Å². The van der Waals surface area contributed by atoms with Crippen molar-refractivity contribution in [2.75, 3.05) is 13.6 Å². The molecule has 4 aliphatic rings. The molecule has 122 valence electrons. The van der Waals surface area contributed by atoms with Gasteiger partial charge in [0.1, 0.15) is 12.2 Å². The second-order valence-electron chi connectivity index (χ2n) is 6.93. The summed E-state index contributed by atoms with van der Waals surface area (Å²) in [6.45, 7) is 7.01. The van der Waals surface area contributed by atoms with Crippen LogP contribution in [0.2, 0.25) is 0 Å². The van der Waals surface area contributed by atoms with Crippen molar-refractivity contribution >= 4 is 0 Å². The lowest BCUT2D eigenvalue weighted by Gasteiger charge is -2.56. The van der Waals surface area contributed by atoms with Crippen molar-refractivity contribution in [1.29, 1.82) is 0 Å². The highest BCUT2D eigenvalue weighted by molar-refractivity contribution is 5.61. The van der Waals surface area contributed by atoms with Crippen LogP contribution in [0.15, 0.2) is 37.4 Å². The predicted molar refractivity (Wildman–Crippen MR) is 88.8 cm³/mol. The average molecular weight is 313 g/mol. The minimum Gasteiger partial charge on any atom is -0.504 e. The van der Waals surface area contributed by atoms with Crippen LogP contribution in [0.3, 0.4) is 0 Å². The molecular formula is C19H23NO3. The molecule has 0 unspecified atom stereocenters. The van der Waals surface area contributed by atoms with Gasteiger partial charge in [-0.15, -0.1) is 13.2 Å². The van der Waals surface area contributed by atoms with Crippen LogP contribution < -0.4 is 4.74 Å². The van der Waals surface area contributed by atoms with E-state index < -0.39 is 6.10 Å². The maximum absolute atomic E-state index is 10.4. The van der Waals surface area contributed by atoms with E-state index in [2.05, 4.69) is 31.2 Å². The molecule has 0 saturated carbocycles. The van der Waals surface area contributed by atoms with E-state index in [1.165, 1.54) is 11.1 Å². The number of benzene rings is 1. The Balaban J connectivity index is 0.000000652. The van der Waals surface area contributed by atoms with E-state index in [-0.39, 0.29) is 17.3 Å². The number of hydrogen-bond acceptors (Lipinski definition) is 4. The van der Waals surface area contributed by atoms with E-state index in [1.54, 1.807) is 6.07 Å². The highest BCUT2D eigenvalue weighted by atomic mass is 16.5. The number of likely N-dealkylation sites (N-methyl/N-ethyl adjacent to an activating group) is 1. The summed E-state index contributed by atoms with van der Waals surface area (Å²) in [6.07, 6.45) is 5.18. The lowest BCUT2D eigenvalue weighted by atomic mass is 9.53. The summed E-state index contributed by atoms with van der Waals surface area (Å²) < 4.78 is 6.09. The number of nitrogens with zero attached hydrogens (tertiary/aromatic N) is 1. The number of likely N-dealkylation sites (tertiary alicyclic amines) is 1. The second kappa shape index (κ2) is 4.86. The topological polar surface area (TPSA) is 52.9 Å². The van der Waals surface area contributed by atoms with Crippen LogP contribution in [-0.2, 0) is 11.8 Å². The molecule has 4 nitrogen and oxygen atoms in total. The summed E-state index contributed by atoms with van der Waals surface area (Å²) in [5, 5.41) is 20.6. The van der Waals surface area contributed by atoms with E-state index >= 15 is 0 Å². The fraction of sp³-hybridized carbons (Fsp3) is 0.474. The monoisotopic (exact) mass is 313 g/mol. The third kappa shape index (κ3) is 1.63. The molecule has 1 spiro atoms. The third-order valence-electron chi connectivity index (χ3n) is 6.15. The lowest BCUT2D eigenvalue weighted by Crippen LogP contribution is -2.64. The molecule has 1 saturated heterocycles. The zero-order valence-corrected chi connectivity index (χ0v) is 13.4. The summed E-state index contributed by atoms with van der Waals surface area (Å²) >= 11 is 0. The number of aliphatic hydroxyl groups excluding tert-OH is 1. The van der Waals surface area contributed by atoms with Gasteiger partial charge in [0.2, 0.25) is 0 Å². The number of aromatic hydroxyl groups is 1. The van der Waals surface area contributed by atoms with Crippen LogP contribution in [0.1, 0.15) is 17.5 Å². The molecule has 2 bridgehead atoms. The maximum atomic E-state index is 10.4. The Morgan fingerprint density at radius 3 is 2.87 bits per heavy atom. The van der Waals surface area contributed by atoms with Crippen molar-refractivity contribution < 1.29 is 14.9 Å². The average Bonchev–Trinajstić information content (AvgIpc) is 2.92. The van der Waals surface area contributed by atoms with Gasteiger partial charge >= 0.3 is 0 Å². The minimum atomic E-state index is -0.594. The van der Waals surface area contributed by atoms with Crippen molar-refractivity contribution in [3.63, 3.8) is 0 Å². The molecule has 2 heterocycles.